The maximum absolute atomic E-state index is 14.6. The maximum Gasteiger partial charge on any atom is 0.265 e. The number of carbonyl (C=O) groups excluding carboxylic acids is 2. The normalized spacial score (nSPS) is 14.2. The number of aromatic nitrogens is 2. The number of fused-ring (bicyclic) bond motifs is 2. The Hall–Kier alpha value is -4.40. The van der Waals surface area contributed by atoms with Crippen molar-refractivity contribution in [3.05, 3.63) is 117 Å². The van der Waals surface area contributed by atoms with Crippen LogP contribution in [0.25, 0.3) is 22.0 Å². The second-order valence-electron chi connectivity index (χ2n) is 13.0. The van der Waals surface area contributed by atoms with E-state index < -0.39 is 27.9 Å². The van der Waals surface area contributed by atoms with Crippen molar-refractivity contribution in [2.75, 3.05) is 24.6 Å². The molecule has 4 aromatic carbocycles. The van der Waals surface area contributed by atoms with Gasteiger partial charge in [-0.1, -0.05) is 69.2 Å². The average Bonchev–Trinajstić information content (AvgIpc) is 3.16. The average molecular weight is 832 g/mol. The summed E-state index contributed by atoms with van der Waals surface area (Å²) < 4.78 is 30.1. The molecule has 0 saturated heterocycles. The van der Waals surface area contributed by atoms with Gasteiger partial charge >= 0.3 is 0 Å². The number of aliphatic hydroxyl groups excluding tert-OH is 1. The first-order valence-electron chi connectivity index (χ1n) is 17.6. The van der Waals surface area contributed by atoms with E-state index in [4.69, 9.17) is 4.98 Å². The molecule has 2 amide bonds. The van der Waals surface area contributed by atoms with E-state index in [2.05, 4.69) is 51.0 Å². The molecule has 1 aliphatic heterocycles. The number of sulfonamides is 1. The fourth-order valence-corrected chi connectivity index (χ4v) is 8.02. The maximum atomic E-state index is 14.6. The highest BCUT2D eigenvalue weighted by atomic mass is 127. The number of nitrogens with one attached hydrogen (secondary N) is 1. The predicted octanol–water partition coefficient (Wildman–Crippen LogP) is 6.99. The monoisotopic (exact) mass is 831 g/mol. The molecular formula is C40H42IN5O5S. The lowest BCUT2D eigenvalue weighted by Crippen LogP contribution is -2.46. The van der Waals surface area contributed by atoms with Crippen LogP contribution in [0.2, 0.25) is 0 Å². The molecule has 5 aromatic rings. The summed E-state index contributed by atoms with van der Waals surface area (Å²) in [5, 5.41) is 12.0. The van der Waals surface area contributed by atoms with Gasteiger partial charge < -0.3 is 14.9 Å². The van der Waals surface area contributed by atoms with Crippen molar-refractivity contribution in [1.29, 1.82) is 0 Å². The van der Waals surface area contributed by atoms with Crippen molar-refractivity contribution in [1.82, 2.24) is 19.6 Å². The van der Waals surface area contributed by atoms with Crippen LogP contribution in [-0.2, 0) is 23.0 Å². The molecule has 0 saturated carbocycles. The van der Waals surface area contributed by atoms with Crippen LogP contribution in [0.5, 0.6) is 0 Å². The van der Waals surface area contributed by atoms with Crippen molar-refractivity contribution < 1.29 is 23.1 Å². The molecule has 0 bridgehead atoms. The van der Waals surface area contributed by atoms with E-state index >= 15 is 0 Å². The number of hydrogen-bond acceptors (Lipinski definition) is 8. The Labute approximate surface area is 318 Å². The summed E-state index contributed by atoms with van der Waals surface area (Å²) in [6.07, 6.45) is 6.13. The lowest BCUT2D eigenvalue weighted by atomic mass is 9.92. The number of hydrogen-bond donors (Lipinski definition) is 2. The minimum atomic E-state index is -4.26. The van der Waals surface area contributed by atoms with E-state index in [1.807, 2.05) is 42.5 Å². The van der Waals surface area contributed by atoms with Crippen LogP contribution >= 0.6 is 22.6 Å². The van der Waals surface area contributed by atoms with Crippen molar-refractivity contribution in [2.24, 2.45) is 0 Å². The van der Waals surface area contributed by atoms with Gasteiger partial charge in [-0.05, 0) is 106 Å². The highest BCUT2D eigenvalue weighted by molar-refractivity contribution is 14.1. The Bertz CT molecular complexity index is 2200. The van der Waals surface area contributed by atoms with Gasteiger partial charge in [0, 0.05) is 46.1 Å². The molecule has 0 radical (unpaired) electrons. The standard InChI is InChI=1S/C40H42IN5O5S/c1-3-5-19-45(20-6-4-2)40-42-18-17-37(43-40)35-16-13-29(24-36(35)39(49)46-25-30-10-8-7-9-28(30)22-33(46)26-47)38(48)44-52(50,51)34-15-12-27-11-14-32(41)21-31(27)23-34/h7-18,21,23-24,33,47H,3-6,19-20,22,25-26H2,1-2H3,(H,44,48). The van der Waals surface area contributed by atoms with Gasteiger partial charge in [-0.25, -0.2) is 23.1 Å². The van der Waals surface area contributed by atoms with Crippen LogP contribution in [0.15, 0.2) is 96.0 Å². The fourth-order valence-electron chi connectivity index (χ4n) is 6.49. The molecule has 6 rings (SSSR count). The topological polar surface area (TPSA) is 133 Å². The summed E-state index contributed by atoms with van der Waals surface area (Å²) in [6.45, 7) is 5.87. The van der Waals surface area contributed by atoms with Crippen molar-refractivity contribution >= 4 is 61.1 Å². The molecule has 10 nitrogen and oxygen atoms in total. The summed E-state index contributed by atoms with van der Waals surface area (Å²) in [5.74, 6) is -0.727. The van der Waals surface area contributed by atoms with Gasteiger partial charge in [-0.3, -0.25) is 9.59 Å². The molecule has 1 aliphatic rings. The van der Waals surface area contributed by atoms with E-state index in [9.17, 15) is 23.1 Å². The van der Waals surface area contributed by atoms with E-state index in [-0.39, 0.29) is 29.2 Å². The Balaban J connectivity index is 1.39. The van der Waals surface area contributed by atoms with Crippen LogP contribution in [-0.4, -0.2) is 65.9 Å². The number of aliphatic hydroxyl groups is 1. The molecule has 1 atom stereocenters. The summed E-state index contributed by atoms with van der Waals surface area (Å²) >= 11 is 2.16. The largest absolute Gasteiger partial charge is 0.394 e. The number of halogens is 1. The Morgan fingerprint density at radius 1 is 0.923 bits per heavy atom. The van der Waals surface area contributed by atoms with Crippen molar-refractivity contribution in [2.45, 2.75) is 63.4 Å². The van der Waals surface area contributed by atoms with Crippen LogP contribution in [0.3, 0.4) is 0 Å². The third-order valence-corrected chi connectivity index (χ3v) is 11.4. The molecule has 2 N–H and O–H groups in total. The molecule has 1 unspecified atom stereocenters. The van der Waals surface area contributed by atoms with Gasteiger partial charge in [0.25, 0.3) is 21.8 Å². The number of carbonyl (C=O) groups is 2. The lowest BCUT2D eigenvalue weighted by molar-refractivity contribution is 0.0545. The molecule has 1 aromatic heterocycles. The Morgan fingerprint density at radius 2 is 1.65 bits per heavy atom. The first kappa shape index (κ1) is 37.4. The van der Waals surface area contributed by atoms with Gasteiger partial charge in [0.2, 0.25) is 5.95 Å². The summed E-state index contributed by atoms with van der Waals surface area (Å²) in [7, 11) is -4.26. The van der Waals surface area contributed by atoms with E-state index in [1.54, 1.807) is 29.3 Å². The van der Waals surface area contributed by atoms with Gasteiger partial charge in [-0.2, -0.15) is 0 Å². The SMILES string of the molecule is CCCCN(CCCC)c1nccc(-c2ccc(C(=O)NS(=O)(=O)c3ccc4ccc(I)cc4c3)cc2C(=O)N2Cc3ccccc3CC2CO)n1. The first-order valence-corrected chi connectivity index (χ1v) is 20.2. The molecule has 0 spiro atoms. The van der Waals surface area contributed by atoms with Crippen molar-refractivity contribution in [3.8, 4) is 11.3 Å². The molecule has 0 aliphatic carbocycles. The number of amides is 2. The minimum Gasteiger partial charge on any atom is -0.394 e. The molecule has 52 heavy (non-hydrogen) atoms. The second-order valence-corrected chi connectivity index (χ2v) is 16.0. The molecular weight excluding hydrogens is 789 g/mol. The smallest absolute Gasteiger partial charge is 0.265 e. The first-order chi connectivity index (χ1) is 25.1. The highest BCUT2D eigenvalue weighted by Gasteiger charge is 2.32. The van der Waals surface area contributed by atoms with Gasteiger partial charge in [0.1, 0.15) is 0 Å². The lowest BCUT2D eigenvalue weighted by Gasteiger charge is -2.36. The van der Waals surface area contributed by atoms with Gasteiger partial charge in [-0.15, -0.1) is 0 Å². The van der Waals surface area contributed by atoms with Crippen LogP contribution in [0.4, 0.5) is 5.95 Å². The van der Waals surface area contributed by atoms with Crippen LogP contribution < -0.4 is 9.62 Å². The Kier molecular flexibility index (Phi) is 11.9. The zero-order chi connectivity index (χ0) is 36.8. The zero-order valence-corrected chi connectivity index (χ0v) is 32.2. The zero-order valence-electron chi connectivity index (χ0n) is 29.3. The van der Waals surface area contributed by atoms with E-state index in [0.717, 1.165) is 64.2 Å². The fraction of sp³-hybridized carbons (Fsp3) is 0.300. The van der Waals surface area contributed by atoms with Crippen molar-refractivity contribution in [3.63, 3.8) is 0 Å². The third kappa shape index (κ3) is 8.29. The molecule has 0 fully saturated rings. The molecule has 270 valence electrons. The van der Waals surface area contributed by atoms with Crippen LogP contribution in [0.1, 0.15) is 71.4 Å². The number of anilines is 1. The number of unbranched alkanes of at least 4 members (excludes halogenated alkanes) is 2. The summed E-state index contributed by atoms with van der Waals surface area (Å²) in [6, 6.07) is 24.0. The quantitative estimate of drug-likeness (QED) is 0.122. The molecule has 2 heterocycles. The van der Waals surface area contributed by atoms with Gasteiger partial charge in [0.15, 0.2) is 0 Å². The number of rotatable bonds is 13. The molecule has 12 heteroatoms. The minimum absolute atomic E-state index is 0.00855. The number of benzene rings is 4. The predicted molar refractivity (Wildman–Crippen MR) is 212 cm³/mol. The highest BCUT2D eigenvalue weighted by Crippen LogP contribution is 2.31. The summed E-state index contributed by atoms with van der Waals surface area (Å²) in [5.41, 5.74) is 3.16. The number of nitrogens with zero attached hydrogens (tertiary/aromatic N) is 4. The third-order valence-electron chi connectivity index (χ3n) is 9.42. The van der Waals surface area contributed by atoms with Gasteiger partial charge in [0.05, 0.1) is 23.2 Å². The van der Waals surface area contributed by atoms with E-state index in [1.165, 1.54) is 24.3 Å². The van der Waals surface area contributed by atoms with E-state index in [0.29, 0.717) is 23.6 Å². The Morgan fingerprint density at radius 3 is 2.38 bits per heavy atom. The summed E-state index contributed by atoms with van der Waals surface area (Å²) in [4.78, 5) is 41.5. The second kappa shape index (κ2) is 16.5. The van der Waals surface area contributed by atoms with Crippen LogP contribution in [0, 0.1) is 3.57 Å².